The van der Waals surface area contributed by atoms with E-state index in [-0.39, 0.29) is 5.60 Å². The Hall–Kier alpha value is -0.420. The number of hydrogen-bond donors (Lipinski definition) is 1. The average Bonchev–Trinajstić information content (AvgIpc) is 3.11. The second-order valence-electron chi connectivity index (χ2n) is 6.22. The van der Waals surface area contributed by atoms with E-state index >= 15 is 0 Å². The Morgan fingerprint density at radius 3 is 3.15 bits per heavy atom. The number of ether oxygens (including phenoxy) is 2. The summed E-state index contributed by atoms with van der Waals surface area (Å²) in [5, 5.41) is 2.15. The van der Waals surface area contributed by atoms with Gasteiger partial charge in [0.2, 0.25) is 0 Å². The number of rotatable bonds is 5. The molecule has 2 saturated heterocycles. The first-order valence-electron chi connectivity index (χ1n) is 7.77. The van der Waals surface area contributed by atoms with Crippen LogP contribution in [0.1, 0.15) is 37.0 Å². The molecule has 0 bridgehead atoms. The summed E-state index contributed by atoms with van der Waals surface area (Å²) in [4.78, 5) is 1.48. The highest BCUT2D eigenvalue weighted by Gasteiger charge is 2.42. The SMILES string of the molecule is NC(CCCc1cccs1)C1CCOC2(CCOC2)C1. The van der Waals surface area contributed by atoms with Crippen LogP contribution in [-0.4, -0.2) is 31.5 Å². The first kappa shape index (κ1) is 14.5. The molecule has 3 unspecified atom stereocenters. The molecule has 3 atom stereocenters. The van der Waals surface area contributed by atoms with Gasteiger partial charge in [0.25, 0.3) is 0 Å². The highest BCUT2D eigenvalue weighted by molar-refractivity contribution is 7.09. The molecule has 0 amide bonds. The molecule has 20 heavy (non-hydrogen) atoms. The smallest absolute Gasteiger partial charge is 0.0939 e. The van der Waals surface area contributed by atoms with Gasteiger partial charge in [-0.3, -0.25) is 0 Å². The van der Waals surface area contributed by atoms with Crippen molar-refractivity contribution in [2.45, 2.75) is 50.2 Å². The van der Waals surface area contributed by atoms with Crippen LogP contribution >= 0.6 is 11.3 Å². The first-order valence-corrected chi connectivity index (χ1v) is 8.65. The fourth-order valence-corrected chi connectivity index (χ4v) is 4.25. The lowest BCUT2D eigenvalue weighted by Gasteiger charge is -2.39. The van der Waals surface area contributed by atoms with Gasteiger partial charge in [-0.15, -0.1) is 11.3 Å². The van der Waals surface area contributed by atoms with Crippen LogP contribution in [0.25, 0.3) is 0 Å². The fourth-order valence-electron chi connectivity index (χ4n) is 3.50. The molecule has 3 heterocycles. The third-order valence-corrected chi connectivity index (χ3v) is 5.68. The molecule has 1 spiro atoms. The first-order chi connectivity index (χ1) is 9.77. The molecule has 2 aliphatic heterocycles. The maximum absolute atomic E-state index is 6.45. The maximum Gasteiger partial charge on any atom is 0.0939 e. The molecule has 112 valence electrons. The Morgan fingerprint density at radius 1 is 1.45 bits per heavy atom. The highest BCUT2D eigenvalue weighted by Crippen LogP contribution is 2.37. The van der Waals surface area contributed by atoms with Gasteiger partial charge < -0.3 is 15.2 Å². The number of nitrogens with two attached hydrogens (primary N) is 1. The molecule has 0 aromatic carbocycles. The molecule has 2 aliphatic rings. The zero-order valence-electron chi connectivity index (χ0n) is 12.1. The zero-order valence-corrected chi connectivity index (χ0v) is 12.9. The largest absolute Gasteiger partial charge is 0.378 e. The highest BCUT2D eigenvalue weighted by atomic mass is 32.1. The Kier molecular flexibility index (Phi) is 4.76. The second-order valence-corrected chi connectivity index (χ2v) is 7.25. The standard InChI is InChI=1S/C16H25NO2S/c17-15(5-1-3-14-4-2-10-20-14)13-6-8-19-16(11-13)7-9-18-12-16/h2,4,10,13,15H,1,3,5-9,11-12,17H2. The minimum Gasteiger partial charge on any atom is -0.378 e. The van der Waals surface area contributed by atoms with Crippen molar-refractivity contribution in [1.82, 2.24) is 0 Å². The van der Waals surface area contributed by atoms with E-state index in [0.29, 0.717) is 12.0 Å². The van der Waals surface area contributed by atoms with Crippen molar-refractivity contribution in [3.63, 3.8) is 0 Å². The second kappa shape index (κ2) is 6.56. The molecular formula is C16H25NO2S. The Bertz CT molecular complexity index is 401. The van der Waals surface area contributed by atoms with E-state index < -0.39 is 0 Å². The molecule has 0 saturated carbocycles. The topological polar surface area (TPSA) is 44.5 Å². The number of thiophene rings is 1. The van der Waals surface area contributed by atoms with Gasteiger partial charge in [0.15, 0.2) is 0 Å². The summed E-state index contributed by atoms with van der Waals surface area (Å²) in [5.74, 6) is 0.605. The third kappa shape index (κ3) is 3.42. The van der Waals surface area contributed by atoms with Crippen molar-refractivity contribution in [2.24, 2.45) is 11.7 Å². The Labute approximate surface area is 125 Å². The quantitative estimate of drug-likeness (QED) is 0.908. The number of hydrogen-bond acceptors (Lipinski definition) is 4. The predicted octanol–water partition coefficient (Wildman–Crippen LogP) is 2.98. The van der Waals surface area contributed by atoms with Crippen LogP contribution in [0.15, 0.2) is 17.5 Å². The van der Waals surface area contributed by atoms with Crippen molar-refractivity contribution in [3.8, 4) is 0 Å². The van der Waals surface area contributed by atoms with Crippen molar-refractivity contribution in [2.75, 3.05) is 19.8 Å². The fraction of sp³-hybridized carbons (Fsp3) is 0.750. The Balaban J connectivity index is 1.45. The summed E-state index contributed by atoms with van der Waals surface area (Å²) in [6.07, 6.45) is 6.74. The summed E-state index contributed by atoms with van der Waals surface area (Å²) in [7, 11) is 0. The molecular weight excluding hydrogens is 270 g/mol. The van der Waals surface area contributed by atoms with Gasteiger partial charge in [0, 0.05) is 30.6 Å². The molecule has 2 fully saturated rings. The predicted molar refractivity (Wildman–Crippen MR) is 82.1 cm³/mol. The van der Waals surface area contributed by atoms with Crippen molar-refractivity contribution in [1.29, 1.82) is 0 Å². The van der Waals surface area contributed by atoms with Gasteiger partial charge in [-0.2, -0.15) is 0 Å². The van der Waals surface area contributed by atoms with E-state index in [4.69, 9.17) is 15.2 Å². The summed E-state index contributed by atoms with van der Waals surface area (Å²) in [5.41, 5.74) is 6.44. The van der Waals surface area contributed by atoms with Gasteiger partial charge >= 0.3 is 0 Å². The lowest BCUT2D eigenvalue weighted by molar-refractivity contribution is -0.101. The molecule has 0 radical (unpaired) electrons. The van der Waals surface area contributed by atoms with Crippen molar-refractivity contribution >= 4 is 11.3 Å². The van der Waals surface area contributed by atoms with Gasteiger partial charge in [-0.05, 0) is 49.5 Å². The van der Waals surface area contributed by atoms with Crippen LogP contribution in [0, 0.1) is 5.92 Å². The summed E-state index contributed by atoms with van der Waals surface area (Å²) in [6, 6.07) is 4.66. The summed E-state index contributed by atoms with van der Waals surface area (Å²) < 4.78 is 11.5. The van der Waals surface area contributed by atoms with E-state index in [9.17, 15) is 0 Å². The average molecular weight is 295 g/mol. The monoisotopic (exact) mass is 295 g/mol. The lowest BCUT2D eigenvalue weighted by atomic mass is 9.80. The third-order valence-electron chi connectivity index (χ3n) is 4.74. The summed E-state index contributed by atoms with van der Waals surface area (Å²) in [6.45, 7) is 2.47. The van der Waals surface area contributed by atoms with Gasteiger partial charge in [-0.1, -0.05) is 6.07 Å². The van der Waals surface area contributed by atoms with Crippen molar-refractivity contribution in [3.05, 3.63) is 22.4 Å². The molecule has 3 rings (SSSR count). The summed E-state index contributed by atoms with van der Waals surface area (Å²) >= 11 is 1.85. The Morgan fingerprint density at radius 2 is 2.40 bits per heavy atom. The van der Waals surface area contributed by atoms with Gasteiger partial charge in [-0.25, -0.2) is 0 Å². The van der Waals surface area contributed by atoms with E-state index in [1.165, 1.54) is 17.7 Å². The van der Waals surface area contributed by atoms with Crippen LogP contribution in [-0.2, 0) is 15.9 Å². The van der Waals surface area contributed by atoms with Gasteiger partial charge in [0.1, 0.15) is 0 Å². The van der Waals surface area contributed by atoms with Crippen LogP contribution in [0.4, 0.5) is 0 Å². The normalized spacial score (nSPS) is 31.8. The van der Waals surface area contributed by atoms with Crippen LogP contribution in [0.3, 0.4) is 0 Å². The van der Waals surface area contributed by atoms with Crippen LogP contribution in [0.2, 0.25) is 0 Å². The van der Waals surface area contributed by atoms with E-state index in [2.05, 4.69) is 17.5 Å². The molecule has 1 aromatic rings. The molecule has 2 N–H and O–H groups in total. The minimum absolute atomic E-state index is 0.00567. The lowest BCUT2D eigenvalue weighted by Crippen LogP contribution is -2.45. The zero-order chi connectivity index (χ0) is 13.8. The molecule has 1 aromatic heterocycles. The minimum atomic E-state index is -0.00567. The molecule has 4 heteroatoms. The van der Waals surface area contributed by atoms with Gasteiger partial charge in [0.05, 0.1) is 12.2 Å². The van der Waals surface area contributed by atoms with Crippen molar-refractivity contribution < 1.29 is 9.47 Å². The van der Waals surface area contributed by atoms with E-state index in [1.54, 1.807) is 0 Å². The van der Waals surface area contributed by atoms with E-state index in [1.807, 2.05) is 11.3 Å². The van der Waals surface area contributed by atoms with Crippen LogP contribution < -0.4 is 5.73 Å². The maximum atomic E-state index is 6.45. The number of aryl methyl sites for hydroxylation is 1. The molecule has 3 nitrogen and oxygen atoms in total. The van der Waals surface area contributed by atoms with E-state index in [0.717, 1.165) is 45.5 Å². The molecule has 0 aliphatic carbocycles. The van der Waals surface area contributed by atoms with Crippen LogP contribution in [0.5, 0.6) is 0 Å².